The Morgan fingerprint density at radius 1 is 1.17 bits per heavy atom. The number of carboxylic acid groups (broad SMARTS) is 1. The van der Waals surface area contributed by atoms with Gasteiger partial charge in [0.05, 0.1) is 10.8 Å². The van der Waals surface area contributed by atoms with Gasteiger partial charge in [-0.1, -0.05) is 0 Å². The smallest absolute Gasteiger partial charge is 0.310 e. The highest BCUT2D eigenvalue weighted by Crippen LogP contribution is 2.13. The molecule has 10 heteroatoms. The summed E-state index contributed by atoms with van der Waals surface area (Å²) in [6, 6.07) is 5.49. The monoisotopic (exact) mass is 364 g/mol. The topological polar surface area (TPSA) is 135 Å². The molecule has 1 rings (SSSR count). The lowest BCUT2D eigenvalue weighted by Gasteiger charge is -2.10. The van der Waals surface area contributed by atoms with Crippen molar-refractivity contribution >= 4 is 39.3 Å². The summed E-state index contributed by atoms with van der Waals surface area (Å²) in [7, 11) is -0.555. The van der Waals surface area contributed by atoms with E-state index in [1.807, 2.05) is 0 Å². The number of Topliss-reactive ketones (excluding diaryl/α,β-unsaturated/α-hetero) is 1. The number of ketones is 1. The Kier molecular flexibility index (Phi) is 8.44. The molecule has 23 heavy (non-hydrogen) atoms. The maximum Gasteiger partial charge on any atom is 0.310 e. The number of carboxylic acids is 1. The lowest BCUT2D eigenvalue weighted by atomic mass is 10.2. The van der Waals surface area contributed by atoms with Crippen molar-refractivity contribution in [3.63, 3.8) is 0 Å². The van der Waals surface area contributed by atoms with Gasteiger partial charge in [-0.05, 0) is 24.3 Å². The minimum Gasteiger partial charge on any atom is -0.481 e. The van der Waals surface area contributed by atoms with Gasteiger partial charge in [-0.3, -0.25) is 14.4 Å². The number of hydrogen-bond acceptors (Lipinski definition) is 5. The Hall–Kier alpha value is -1.97. The highest BCUT2D eigenvalue weighted by molar-refractivity contribution is 7.89. The van der Waals surface area contributed by atoms with Crippen LogP contribution in [0.2, 0.25) is 0 Å². The molecule has 0 bridgehead atoms. The Balaban J connectivity index is 0.000000515. The first-order chi connectivity index (χ1) is 10.5. The molecule has 1 aromatic carbocycles. The van der Waals surface area contributed by atoms with Crippen LogP contribution in [0, 0.1) is 0 Å². The van der Waals surface area contributed by atoms with E-state index >= 15 is 0 Å². The lowest BCUT2D eigenvalue weighted by Crippen LogP contribution is -2.22. The number of primary amides is 1. The fourth-order valence-electron chi connectivity index (χ4n) is 1.22. The number of sulfonamides is 1. The highest BCUT2D eigenvalue weighted by atomic mass is 35.5. The molecule has 1 amide bonds. The zero-order valence-corrected chi connectivity index (χ0v) is 14.1. The van der Waals surface area contributed by atoms with Gasteiger partial charge >= 0.3 is 5.97 Å². The van der Waals surface area contributed by atoms with Crippen LogP contribution in [-0.4, -0.2) is 55.5 Å². The minimum atomic E-state index is -3.44. The first kappa shape index (κ1) is 21.0. The minimum absolute atomic E-state index is 0.137. The van der Waals surface area contributed by atoms with Crippen molar-refractivity contribution in [1.82, 2.24) is 4.31 Å². The Bertz CT molecular complexity index is 670. The maximum absolute atomic E-state index is 11.6. The van der Waals surface area contributed by atoms with Crippen molar-refractivity contribution in [1.29, 1.82) is 0 Å². The Labute approximate surface area is 138 Å². The molecule has 0 aromatic heterocycles. The number of rotatable bonds is 6. The highest BCUT2D eigenvalue weighted by Gasteiger charge is 2.16. The number of hydrogen-bond donors (Lipinski definition) is 2. The number of amides is 1. The predicted octanol–water partition coefficient (Wildman–Crippen LogP) is 0.305. The lowest BCUT2D eigenvalue weighted by molar-refractivity contribution is -0.139. The second-order valence-corrected chi connectivity index (χ2v) is 6.84. The van der Waals surface area contributed by atoms with Crippen LogP contribution < -0.4 is 5.73 Å². The molecule has 0 unspecified atom stereocenters. The van der Waals surface area contributed by atoms with Crippen molar-refractivity contribution in [2.45, 2.75) is 11.3 Å². The van der Waals surface area contributed by atoms with Gasteiger partial charge in [0.25, 0.3) is 0 Å². The molecule has 0 spiro atoms. The van der Waals surface area contributed by atoms with Crippen LogP contribution in [0.4, 0.5) is 0 Å². The zero-order chi connectivity index (χ0) is 18.2. The summed E-state index contributed by atoms with van der Waals surface area (Å²) in [5.41, 5.74) is 5.32. The number of benzene rings is 1. The third-order valence-electron chi connectivity index (χ3n) is 2.41. The van der Waals surface area contributed by atoms with E-state index in [1.165, 1.54) is 38.4 Å². The molecule has 8 nitrogen and oxygen atoms in total. The van der Waals surface area contributed by atoms with Gasteiger partial charge in [0.1, 0.15) is 6.42 Å². The molecule has 0 heterocycles. The zero-order valence-electron chi connectivity index (χ0n) is 12.5. The maximum atomic E-state index is 11.6. The van der Waals surface area contributed by atoms with Gasteiger partial charge < -0.3 is 10.8 Å². The second kappa shape index (κ2) is 9.23. The molecule has 0 fully saturated rings. The van der Waals surface area contributed by atoms with Gasteiger partial charge in [-0.2, -0.15) is 0 Å². The molecule has 0 saturated carbocycles. The van der Waals surface area contributed by atoms with Crippen molar-refractivity contribution < 1.29 is 27.9 Å². The van der Waals surface area contributed by atoms with Crippen LogP contribution in [0.3, 0.4) is 0 Å². The van der Waals surface area contributed by atoms with E-state index in [1.54, 1.807) is 0 Å². The third kappa shape index (κ3) is 7.22. The molecule has 0 radical (unpaired) electrons. The summed E-state index contributed by atoms with van der Waals surface area (Å²) < 4.78 is 24.3. The number of nitrogens with two attached hydrogens (primary N) is 1. The van der Waals surface area contributed by atoms with Crippen molar-refractivity contribution in [3.8, 4) is 0 Å². The SMILES string of the molecule is CN(C)S(=O)(=O)c1ccc(C(N)=O)cc1.O=C(O)CC(=O)CCl. The number of carbonyl (C=O) groups is 3. The average molecular weight is 365 g/mol. The van der Waals surface area contributed by atoms with Crippen LogP contribution in [-0.2, 0) is 19.6 Å². The molecule has 0 aliphatic heterocycles. The van der Waals surface area contributed by atoms with Gasteiger partial charge in [0.15, 0.2) is 5.78 Å². The predicted molar refractivity (Wildman–Crippen MR) is 83.8 cm³/mol. The van der Waals surface area contributed by atoms with E-state index in [9.17, 15) is 22.8 Å². The van der Waals surface area contributed by atoms with Crippen LogP contribution in [0.15, 0.2) is 29.2 Å². The molecule has 3 N–H and O–H groups in total. The summed E-state index contributed by atoms with van der Waals surface area (Å²) in [5, 5.41) is 7.94. The largest absolute Gasteiger partial charge is 0.481 e. The van der Waals surface area contributed by atoms with Crippen LogP contribution >= 0.6 is 11.6 Å². The van der Waals surface area contributed by atoms with Crippen LogP contribution in [0.25, 0.3) is 0 Å². The average Bonchev–Trinajstić information content (AvgIpc) is 2.47. The number of alkyl halides is 1. The standard InChI is InChI=1S/C9H12N2O3S.C4H5ClO3/c1-11(2)15(13,14)8-5-3-7(4-6-8)9(10)12;5-2-3(6)1-4(7)8/h3-6H,1-2H3,(H2,10,12);1-2H2,(H,7,8). The fourth-order valence-corrected chi connectivity index (χ4v) is 2.21. The molecule has 0 atom stereocenters. The third-order valence-corrected chi connectivity index (χ3v) is 4.54. The summed E-state index contributed by atoms with van der Waals surface area (Å²) >= 11 is 4.98. The van der Waals surface area contributed by atoms with E-state index in [0.29, 0.717) is 0 Å². The first-order valence-corrected chi connectivity index (χ1v) is 8.11. The summed E-state index contributed by atoms with van der Waals surface area (Å²) in [5.74, 6) is -2.38. The van der Waals surface area contributed by atoms with Crippen LogP contribution in [0.5, 0.6) is 0 Å². The number of halogens is 1. The molecule has 0 aliphatic carbocycles. The normalized spacial score (nSPS) is 10.6. The summed E-state index contributed by atoms with van der Waals surface area (Å²) in [4.78, 5) is 30.7. The van der Waals surface area contributed by atoms with E-state index < -0.39 is 34.1 Å². The Morgan fingerprint density at radius 3 is 1.91 bits per heavy atom. The molecular weight excluding hydrogens is 348 g/mol. The van der Waals surface area contributed by atoms with Crippen molar-refractivity contribution in [3.05, 3.63) is 29.8 Å². The van der Waals surface area contributed by atoms with Crippen molar-refractivity contribution in [2.24, 2.45) is 5.73 Å². The summed E-state index contributed by atoms with van der Waals surface area (Å²) in [6.45, 7) is 0. The van der Waals surface area contributed by atoms with Crippen molar-refractivity contribution in [2.75, 3.05) is 20.0 Å². The number of nitrogens with zero attached hydrogens (tertiary/aromatic N) is 1. The molecule has 1 aromatic rings. The molecular formula is C13H17ClN2O6S. The fraction of sp³-hybridized carbons (Fsp3) is 0.308. The van der Waals surface area contributed by atoms with Gasteiger partial charge in [0, 0.05) is 19.7 Å². The number of aliphatic carboxylic acids is 1. The van der Waals surface area contributed by atoms with E-state index in [2.05, 4.69) is 0 Å². The van der Waals surface area contributed by atoms with E-state index in [0.717, 1.165) is 4.31 Å². The second-order valence-electron chi connectivity index (χ2n) is 4.42. The Morgan fingerprint density at radius 2 is 1.65 bits per heavy atom. The van der Waals surface area contributed by atoms with Gasteiger partial charge in [-0.15, -0.1) is 11.6 Å². The van der Waals surface area contributed by atoms with Crippen LogP contribution in [0.1, 0.15) is 16.8 Å². The molecule has 0 aliphatic rings. The quantitative estimate of drug-likeness (QED) is 0.550. The van der Waals surface area contributed by atoms with E-state index in [4.69, 9.17) is 22.4 Å². The number of carbonyl (C=O) groups excluding carboxylic acids is 2. The van der Waals surface area contributed by atoms with Gasteiger partial charge in [-0.25, -0.2) is 12.7 Å². The van der Waals surface area contributed by atoms with Gasteiger partial charge in [0.2, 0.25) is 15.9 Å². The van der Waals surface area contributed by atoms with E-state index in [-0.39, 0.29) is 16.3 Å². The first-order valence-electron chi connectivity index (χ1n) is 6.14. The molecule has 0 saturated heterocycles. The molecule has 128 valence electrons. The summed E-state index contributed by atoms with van der Waals surface area (Å²) in [6.07, 6.45) is -0.469.